The number of hydrogen-bond donors (Lipinski definition) is 2. The van der Waals surface area contributed by atoms with E-state index < -0.39 is 0 Å². The van der Waals surface area contributed by atoms with Crippen molar-refractivity contribution in [2.24, 2.45) is 11.7 Å². The molecule has 0 aromatic rings. The van der Waals surface area contributed by atoms with E-state index in [1.165, 1.54) is 0 Å². The second kappa shape index (κ2) is 3.85. The molecule has 0 aromatic heterocycles. The van der Waals surface area contributed by atoms with Crippen LogP contribution in [-0.4, -0.2) is 17.3 Å². The normalized spacial score (nSPS) is 18.0. The van der Waals surface area contributed by atoms with Gasteiger partial charge < -0.3 is 10.8 Å². The Kier molecular flexibility index (Phi) is 3.82. The summed E-state index contributed by atoms with van der Waals surface area (Å²) in [4.78, 5) is 0. The molecule has 0 aromatic carbocycles. The van der Waals surface area contributed by atoms with Crippen LogP contribution in [0.1, 0.15) is 27.2 Å². The van der Waals surface area contributed by atoms with Gasteiger partial charge in [-0.3, -0.25) is 0 Å². The maximum atomic E-state index is 9.17. The lowest BCUT2D eigenvalue weighted by atomic mass is 9.98. The molecule has 0 fully saturated rings. The van der Waals surface area contributed by atoms with E-state index >= 15 is 0 Å². The predicted octanol–water partition coefficient (Wildman–Crippen LogP) is 0.741. The topological polar surface area (TPSA) is 46.2 Å². The zero-order chi connectivity index (χ0) is 7.44. The van der Waals surface area contributed by atoms with Crippen molar-refractivity contribution < 1.29 is 5.11 Å². The van der Waals surface area contributed by atoms with Crippen LogP contribution in [-0.2, 0) is 0 Å². The van der Waals surface area contributed by atoms with E-state index in [0.29, 0.717) is 5.92 Å². The summed E-state index contributed by atoms with van der Waals surface area (Å²) in [6, 6.07) is -0.0602. The van der Waals surface area contributed by atoms with E-state index in [9.17, 15) is 5.11 Å². The lowest BCUT2D eigenvalue weighted by Gasteiger charge is -2.20. The van der Waals surface area contributed by atoms with Crippen LogP contribution in [0.3, 0.4) is 0 Å². The standard InChI is InChI=1S/C7H17NO/c1-4-6(9)7(8)5(2)3/h5-7,9H,4,8H2,1-3H3/t6-,7-/m0/s1. The van der Waals surface area contributed by atoms with Gasteiger partial charge in [-0.05, 0) is 12.3 Å². The minimum atomic E-state index is -0.329. The van der Waals surface area contributed by atoms with Crippen molar-refractivity contribution in [2.75, 3.05) is 0 Å². The molecular weight excluding hydrogens is 114 g/mol. The highest BCUT2D eigenvalue weighted by Gasteiger charge is 2.15. The monoisotopic (exact) mass is 131 g/mol. The Labute approximate surface area is 57.1 Å². The molecular formula is C7H17NO. The van der Waals surface area contributed by atoms with Crippen LogP contribution in [0.2, 0.25) is 0 Å². The minimum absolute atomic E-state index is 0.0602. The number of aliphatic hydroxyl groups excluding tert-OH is 1. The average molecular weight is 131 g/mol. The van der Waals surface area contributed by atoms with Crippen LogP contribution in [0.15, 0.2) is 0 Å². The SMILES string of the molecule is CC[C@H](O)[C@@H](N)C(C)C. The molecule has 0 rings (SSSR count). The summed E-state index contributed by atoms with van der Waals surface area (Å²) in [5.41, 5.74) is 5.62. The second-order valence-corrected chi connectivity index (χ2v) is 2.80. The van der Waals surface area contributed by atoms with Crippen LogP contribution in [0, 0.1) is 5.92 Å². The van der Waals surface area contributed by atoms with Crippen molar-refractivity contribution in [2.45, 2.75) is 39.3 Å². The Morgan fingerprint density at radius 1 is 1.44 bits per heavy atom. The van der Waals surface area contributed by atoms with Crippen molar-refractivity contribution in [1.29, 1.82) is 0 Å². The molecule has 0 heterocycles. The highest BCUT2D eigenvalue weighted by Crippen LogP contribution is 2.05. The fourth-order valence-electron chi connectivity index (χ4n) is 0.716. The summed E-state index contributed by atoms with van der Waals surface area (Å²) in [5.74, 6) is 0.375. The van der Waals surface area contributed by atoms with Crippen molar-refractivity contribution in [3.05, 3.63) is 0 Å². The van der Waals surface area contributed by atoms with Crippen LogP contribution < -0.4 is 5.73 Å². The van der Waals surface area contributed by atoms with E-state index in [1.807, 2.05) is 20.8 Å². The summed E-state index contributed by atoms with van der Waals surface area (Å²) in [6.07, 6.45) is 0.421. The van der Waals surface area contributed by atoms with Gasteiger partial charge in [-0.1, -0.05) is 20.8 Å². The smallest absolute Gasteiger partial charge is 0.0690 e. The summed E-state index contributed by atoms with van der Waals surface area (Å²) in [7, 11) is 0. The molecule has 0 aliphatic rings. The lowest BCUT2D eigenvalue weighted by molar-refractivity contribution is 0.121. The molecule has 56 valence electrons. The van der Waals surface area contributed by atoms with Gasteiger partial charge in [0, 0.05) is 6.04 Å². The first kappa shape index (κ1) is 8.92. The fourth-order valence-corrected chi connectivity index (χ4v) is 0.716. The molecule has 0 saturated heterocycles. The molecule has 2 atom stereocenters. The van der Waals surface area contributed by atoms with Crippen molar-refractivity contribution in [3.8, 4) is 0 Å². The zero-order valence-electron chi connectivity index (χ0n) is 6.46. The maximum Gasteiger partial charge on any atom is 0.0690 e. The minimum Gasteiger partial charge on any atom is -0.392 e. The van der Waals surface area contributed by atoms with Crippen LogP contribution in [0.25, 0.3) is 0 Å². The number of nitrogens with two attached hydrogens (primary N) is 1. The molecule has 0 spiro atoms. The van der Waals surface area contributed by atoms with E-state index in [0.717, 1.165) is 6.42 Å². The second-order valence-electron chi connectivity index (χ2n) is 2.80. The molecule has 0 amide bonds. The van der Waals surface area contributed by atoms with E-state index in [2.05, 4.69) is 0 Å². The van der Waals surface area contributed by atoms with Gasteiger partial charge in [0.2, 0.25) is 0 Å². The molecule has 0 aliphatic heterocycles. The van der Waals surface area contributed by atoms with Crippen LogP contribution >= 0.6 is 0 Å². The van der Waals surface area contributed by atoms with Gasteiger partial charge >= 0.3 is 0 Å². The van der Waals surface area contributed by atoms with Crippen LogP contribution in [0.5, 0.6) is 0 Å². The van der Waals surface area contributed by atoms with E-state index in [4.69, 9.17) is 5.73 Å². The van der Waals surface area contributed by atoms with Gasteiger partial charge in [-0.15, -0.1) is 0 Å². The first-order chi connectivity index (χ1) is 4.09. The molecule has 3 N–H and O–H groups in total. The average Bonchev–Trinajstić information content (AvgIpc) is 1.84. The Hall–Kier alpha value is -0.0800. The summed E-state index contributed by atoms with van der Waals surface area (Å²) >= 11 is 0. The number of aliphatic hydroxyl groups is 1. The molecule has 9 heavy (non-hydrogen) atoms. The third-order valence-corrected chi connectivity index (χ3v) is 1.63. The van der Waals surface area contributed by atoms with E-state index in [-0.39, 0.29) is 12.1 Å². The van der Waals surface area contributed by atoms with Gasteiger partial charge in [0.15, 0.2) is 0 Å². The largest absolute Gasteiger partial charge is 0.392 e. The quantitative estimate of drug-likeness (QED) is 0.593. The van der Waals surface area contributed by atoms with Crippen molar-refractivity contribution in [1.82, 2.24) is 0 Å². The molecule has 2 nitrogen and oxygen atoms in total. The first-order valence-electron chi connectivity index (χ1n) is 3.53. The fraction of sp³-hybridized carbons (Fsp3) is 1.00. The van der Waals surface area contributed by atoms with Gasteiger partial charge in [0.25, 0.3) is 0 Å². The third-order valence-electron chi connectivity index (χ3n) is 1.63. The summed E-state index contributed by atoms with van der Waals surface area (Å²) in [6.45, 7) is 5.97. The Morgan fingerprint density at radius 2 is 1.89 bits per heavy atom. The van der Waals surface area contributed by atoms with Crippen molar-refractivity contribution in [3.63, 3.8) is 0 Å². The number of hydrogen-bond acceptors (Lipinski definition) is 2. The molecule has 0 aliphatic carbocycles. The van der Waals surface area contributed by atoms with Gasteiger partial charge in [0.05, 0.1) is 6.10 Å². The Balaban J connectivity index is 3.58. The predicted molar refractivity (Wildman–Crippen MR) is 39.1 cm³/mol. The van der Waals surface area contributed by atoms with E-state index in [1.54, 1.807) is 0 Å². The summed E-state index contributed by atoms with van der Waals surface area (Å²) < 4.78 is 0. The van der Waals surface area contributed by atoms with Gasteiger partial charge in [0.1, 0.15) is 0 Å². The Morgan fingerprint density at radius 3 is 2.00 bits per heavy atom. The maximum absolute atomic E-state index is 9.17. The highest BCUT2D eigenvalue weighted by atomic mass is 16.3. The molecule has 0 bridgehead atoms. The Bertz CT molecular complexity index is 73.3. The first-order valence-corrected chi connectivity index (χ1v) is 3.53. The van der Waals surface area contributed by atoms with Crippen molar-refractivity contribution >= 4 is 0 Å². The highest BCUT2D eigenvalue weighted by molar-refractivity contribution is 4.72. The molecule has 0 unspecified atom stereocenters. The molecule has 2 heteroatoms. The molecule has 0 saturated carbocycles. The summed E-state index contributed by atoms with van der Waals surface area (Å²) in [5, 5.41) is 9.17. The molecule has 0 radical (unpaired) electrons. The van der Waals surface area contributed by atoms with Crippen LogP contribution in [0.4, 0.5) is 0 Å². The van der Waals surface area contributed by atoms with Gasteiger partial charge in [-0.2, -0.15) is 0 Å². The lowest BCUT2D eigenvalue weighted by Crippen LogP contribution is -2.38. The third kappa shape index (κ3) is 2.82. The zero-order valence-corrected chi connectivity index (χ0v) is 6.46. The van der Waals surface area contributed by atoms with Gasteiger partial charge in [-0.25, -0.2) is 0 Å². The number of rotatable bonds is 3.